The summed E-state index contributed by atoms with van der Waals surface area (Å²) >= 11 is 0. The molecule has 30 heavy (non-hydrogen) atoms. The highest BCUT2D eigenvalue weighted by Gasteiger charge is 2.30. The average molecular weight is 400 g/mol. The van der Waals surface area contributed by atoms with Gasteiger partial charge in [0.25, 0.3) is 0 Å². The number of rotatable bonds is 6. The van der Waals surface area contributed by atoms with Gasteiger partial charge in [-0.2, -0.15) is 4.98 Å². The molecule has 0 saturated carbocycles. The molecule has 2 unspecified atom stereocenters. The van der Waals surface area contributed by atoms with E-state index in [4.69, 9.17) is 4.52 Å². The predicted molar refractivity (Wildman–Crippen MR) is 115 cm³/mol. The molecule has 2 aromatic heterocycles. The Balaban J connectivity index is 1.29. The van der Waals surface area contributed by atoms with Gasteiger partial charge in [-0.1, -0.05) is 47.6 Å². The van der Waals surface area contributed by atoms with Gasteiger partial charge in [0.15, 0.2) is 0 Å². The standard InChI is InChI=1S/C23H24N6O/c1-29(15-21-26-23(28-30-21)17-8-5-11-24-12-17)14-18-13-25-27-22(18)20-10-4-7-16-6-2-3-9-19(16)20/h2-12,18,22,25,27H,13-15H2,1H3. The first-order valence-electron chi connectivity index (χ1n) is 10.2. The van der Waals surface area contributed by atoms with E-state index in [1.807, 2.05) is 12.1 Å². The Morgan fingerprint density at radius 3 is 2.90 bits per heavy atom. The lowest BCUT2D eigenvalue weighted by atomic mass is 9.91. The highest BCUT2D eigenvalue weighted by atomic mass is 16.5. The van der Waals surface area contributed by atoms with E-state index in [-0.39, 0.29) is 6.04 Å². The van der Waals surface area contributed by atoms with Crippen LogP contribution in [0.15, 0.2) is 71.5 Å². The molecule has 7 heteroatoms. The number of fused-ring (bicyclic) bond motifs is 1. The molecule has 1 aliphatic rings. The normalized spacial score (nSPS) is 19.0. The number of pyridine rings is 1. The van der Waals surface area contributed by atoms with Crippen LogP contribution in [0.5, 0.6) is 0 Å². The third-order valence-electron chi connectivity index (χ3n) is 5.59. The highest BCUT2D eigenvalue weighted by molar-refractivity contribution is 5.86. The average Bonchev–Trinajstić information content (AvgIpc) is 3.43. The summed E-state index contributed by atoms with van der Waals surface area (Å²) in [5.74, 6) is 1.60. The van der Waals surface area contributed by atoms with Gasteiger partial charge in [0.1, 0.15) is 0 Å². The summed E-state index contributed by atoms with van der Waals surface area (Å²) in [6.07, 6.45) is 3.47. The van der Waals surface area contributed by atoms with Crippen LogP contribution in [0.1, 0.15) is 17.5 Å². The van der Waals surface area contributed by atoms with Crippen molar-refractivity contribution in [1.82, 2.24) is 30.9 Å². The lowest BCUT2D eigenvalue weighted by molar-refractivity contribution is 0.229. The minimum atomic E-state index is 0.243. The smallest absolute Gasteiger partial charge is 0.241 e. The molecule has 7 nitrogen and oxygen atoms in total. The molecular formula is C23H24N6O. The van der Waals surface area contributed by atoms with Crippen molar-refractivity contribution < 1.29 is 4.52 Å². The zero-order valence-corrected chi connectivity index (χ0v) is 16.8. The number of hydrogen-bond donors (Lipinski definition) is 2. The Kier molecular flexibility index (Phi) is 5.23. The minimum Gasteiger partial charge on any atom is -0.338 e. The summed E-state index contributed by atoms with van der Waals surface area (Å²) in [5.41, 5.74) is 9.00. The van der Waals surface area contributed by atoms with Gasteiger partial charge in [-0.05, 0) is 35.5 Å². The van der Waals surface area contributed by atoms with Crippen LogP contribution in [0.4, 0.5) is 0 Å². The van der Waals surface area contributed by atoms with Crippen LogP contribution in [0.25, 0.3) is 22.2 Å². The first kappa shape index (κ1) is 18.9. The molecule has 0 amide bonds. The van der Waals surface area contributed by atoms with Gasteiger partial charge in [0.05, 0.1) is 12.6 Å². The fraction of sp³-hybridized carbons (Fsp3) is 0.261. The maximum Gasteiger partial charge on any atom is 0.241 e. The molecule has 2 atom stereocenters. The van der Waals surface area contributed by atoms with E-state index < -0.39 is 0 Å². The fourth-order valence-corrected chi connectivity index (χ4v) is 4.19. The second-order valence-corrected chi connectivity index (χ2v) is 7.78. The van der Waals surface area contributed by atoms with Crippen LogP contribution < -0.4 is 10.9 Å². The quantitative estimate of drug-likeness (QED) is 0.515. The molecule has 152 valence electrons. The van der Waals surface area contributed by atoms with Gasteiger partial charge < -0.3 is 4.52 Å². The highest BCUT2D eigenvalue weighted by Crippen LogP contribution is 2.31. The van der Waals surface area contributed by atoms with Crippen molar-refractivity contribution in [3.05, 3.63) is 78.4 Å². The molecule has 5 rings (SSSR count). The Morgan fingerprint density at radius 2 is 2.00 bits per heavy atom. The lowest BCUT2D eigenvalue weighted by Crippen LogP contribution is -2.30. The Hall–Kier alpha value is -3.13. The van der Waals surface area contributed by atoms with Crippen LogP contribution in [0.2, 0.25) is 0 Å². The van der Waals surface area contributed by atoms with Gasteiger partial charge >= 0.3 is 0 Å². The molecule has 0 radical (unpaired) electrons. The maximum absolute atomic E-state index is 5.46. The number of nitrogens with one attached hydrogen (secondary N) is 2. The first-order valence-corrected chi connectivity index (χ1v) is 10.2. The van der Waals surface area contributed by atoms with E-state index in [0.29, 0.717) is 24.2 Å². The van der Waals surface area contributed by atoms with Crippen LogP contribution in [0.3, 0.4) is 0 Å². The molecule has 3 heterocycles. The van der Waals surface area contributed by atoms with Gasteiger partial charge in [-0.15, -0.1) is 0 Å². The zero-order valence-electron chi connectivity index (χ0n) is 16.8. The molecular weight excluding hydrogens is 376 g/mol. The van der Waals surface area contributed by atoms with Crippen LogP contribution in [-0.4, -0.2) is 40.2 Å². The molecule has 0 spiro atoms. The van der Waals surface area contributed by atoms with Crippen molar-refractivity contribution in [2.24, 2.45) is 5.92 Å². The van der Waals surface area contributed by atoms with Crippen LogP contribution in [0, 0.1) is 5.92 Å². The van der Waals surface area contributed by atoms with E-state index in [9.17, 15) is 0 Å². The third kappa shape index (κ3) is 3.82. The van der Waals surface area contributed by atoms with Gasteiger partial charge in [-0.3, -0.25) is 15.3 Å². The van der Waals surface area contributed by atoms with Crippen molar-refractivity contribution in [3.63, 3.8) is 0 Å². The SMILES string of the molecule is CN(Cc1nc(-c2cccnc2)no1)CC1CNNC1c1cccc2ccccc12. The molecule has 1 saturated heterocycles. The second-order valence-electron chi connectivity index (χ2n) is 7.78. The number of hydrazine groups is 1. The second kappa shape index (κ2) is 8.31. The molecule has 2 aromatic carbocycles. The number of benzene rings is 2. The zero-order chi connectivity index (χ0) is 20.3. The Bertz CT molecular complexity index is 1120. The summed E-state index contributed by atoms with van der Waals surface area (Å²) in [6.45, 7) is 2.41. The molecule has 4 aromatic rings. The number of hydrogen-bond acceptors (Lipinski definition) is 7. The summed E-state index contributed by atoms with van der Waals surface area (Å²) < 4.78 is 5.46. The molecule has 0 aliphatic carbocycles. The van der Waals surface area contributed by atoms with Gasteiger partial charge in [0.2, 0.25) is 11.7 Å². The van der Waals surface area contributed by atoms with E-state index in [2.05, 4.69) is 80.4 Å². The Labute approximate surface area is 175 Å². The van der Waals surface area contributed by atoms with Gasteiger partial charge in [-0.25, -0.2) is 5.43 Å². The van der Waals surface area contributed by atoms with E-state index >= 15 is 0 Å². The Morgan fingerprint density at radius 1 is 1.10 bits per heavy atom. The van der Waals surface area contributed by atoms with E-state index in [0.717, 1.165) is 18.7 Å². The topological polar surface area (TPSA) is 79.1 Å². The van der Waals surface area contributed by atoms with E-state index in [1.165, 1.54) is 16.3 Å². The van der Waals surface area contributed by atoms with Crippen molar-refractivity contribution in [1.29, 1.82) is 0 Å². The fourth-order valence-electron chi connectivity index (χ4n) is 4.19. The molecule has 0 bridgehead atoms. The van der Waals surface area contributed by atoms with Crippen molar-refractivity contribution in [2.45, 2.75) is 12.6 Å². The molecule has 1 fully saturated rings. The first-order chi connectivity index (χ1) is 14.8. The van der Waals surface area contributed by atoms with Crippen LogP contribution in [-0.2, 0) is 6.54 Å². The minimum absolute atomic E-state index is 0.243. The summed E-state index contributed by atoms with van der Waals surface area (Å²) in [6, 6.07) is 19.1. The van der Waals surface area contributed by atoms with Crippen molar-refractivity contribution >= 4 is 10.8 Å². The predicted octanol–water partition coefficient (Wildman–Crippen LogP) is 3.18. The summed E-state index contributed by atoms with van der Waals surface area (Å²) in [7, 11) is 2.09. The van der Waals surface area contributed by atoms with E-state index in [1.54, 1.807) is 12.4 Å². The molecule has 2 N–H and O–H groups in total. The van der Waals surface area contributed by atoms with Crippen molar-refractivity contribution in [2.75, 3.05) is 20.1 Å². The van der Waals surface area contributed by atoms with Crippen LogP contribution >= 0.6 is 0 Å². The maximum atomic E-state index is 5.46. The van der Waals surface area contributed by atoms with Crippen molar-refractivity contribution in [3.8, 4) is 11.4 Å². The third-order valence-corrected chi connectivity index (χ3v) is 5.59. The largest absolute Gasteiger partial charge is 0.338 e. The summed E-state index contributed by atoms with van der Waals surface area (Å²) in [5, 5.41) is 6.66. The summed E-state index contributed by atoms with van der Waals surface area (Å²) in [4.78, 5) is 10.9. The van der Waals surface area contributed by atoms with Gasteiger partial charge in [0, 0.05) is 37.0 Å². The number of aromatic nitrogens is 3. The number of nitrogens with zero attached hydrogens (tertiary/aromatic N) is 4. The monoisotopic (exact) mass is 400 g/mol. The molecule has 1 aliphatic heterocycles. The lowest BCUT2D eigenvalue weighted by Gasteiger charge is -2.24.